The molecular formula is C12H25NOS. The van der Waals surface area contributed by atoms with Gasteiger partial charge in [0.1, 0.15) is 0 Å². The Morgan fingerprint density at radius 2 is 2.07 bits per heavy atom. The van der Waals surface area contributed by atoms with Crippen LogP contribution in [-0.4, -0.2) is 37.8 Å². The summed E-state index contributed by atoms with van der Waals surface area (Å²) in [6.07, 6.45) is 10.5. The van der Waals surface area contributed by atoms with E-state index in [0.29, 0.717) is 12.1 Å². The molecule has 1 rings (SSSR count). The topological polar surface area (TPSA) is 21.3 Å². The Morgan fingerprint density at radius 1 is 1.27 bits per heavy atom. The molecule has 3 heteroatoms. The average molecular weight is 231 g/mol. The van der Waals surface area contributed by atoms with Crippen LogP contribution in [-0.2, 0) is 4.74 Å². The van der Waals surface area contributed by atoms with Gasteiger partial charge in [-0.15, -0.1) is 0 Å². The van der Waals surface area contributed by atoms with Crippen LogP contribution in [0, 0.1) is 0 Å². The van der Waals surface area contributed by atoms with Crippen LogP contribution in [0.25, 0.3) is 0 Å². The standard InChI is InChI=1S/C12H25NOS/c1-14-12-8-4-3-7-11(12)13-9-5-6-10-15-2/h11-13H,3-10H2,1-2H3. The summed E-state index contributed by atoms with van der Waals surface area (Å²) >= 11 is 1.94. The molecule has 0 aromatic carbocycles. The Labute approximate surface area is 98.5 Å². The summed E-state index contributed by atoms with van der Waals surface area (Å²) in [6, 6.07) is 0.609. The fraction of sp³-hybridized carbons (Fsp3) is 1.00. The highest BCUT2D eigenvalue weighted by molar-refractivity contribution is 7.98. The van der Waals surface area contributed by atoms with Crippen LogP contribution in [0.2, 0.25) is 0 Å². The Hall–Kier alpha value is 0.270. The predicted octanol–water partition coefficient (Wildman–Crippen LogP) is 2.68. The van der Waals surface area contributed by atoms with Gasteiger partial charge in [0.15, 0.2) is 0 Å². The molecule has 90 valence electrons. The Balaban J connectivity index is 2.07. The molecule has 0 saturated heterocycles. The Bertz CT molecular complexity index is 155. The number of methoxy groups -OCH3 is 1. The molecule has 1 aliphatic carbocycles. The van der Waals surface area contributed by atoms with E-state index in [9.17, 15) is 0 Å². The summed E-state index contributed by atoms with van der Waals surface area (Å²) < 4.78 is 5.52. The molecule has 0 amide bonds. The molecule has 0 aromatic heterocycles. The number of rotatable bonds is 7. The van der Waals surface area contributed by atoms with Crippen molar-refractivity contribution in [1.82, 2.24) is 5.32 Å². The molecule has 1 saturated carbocycles. The molecule has 0 aliphatic heterocycles. The monoisotopic (exact) mass is 231 g/mol. The van der Waals surface area contributed by atoms with E-state index in [2.05, 4.69) is 11.6 Å². The molecule has 0 spiro atoms. The molecule has 0 radical (unpaired) electrons. The van der Waals surface area contributed by atoms with Crippen LogP contribution in [0.15, 0.2) is 0 Å². The minimum atomic E-state index is 0.458. The van der Waals surface area contributed by atoms with Crippen LogP contribution in [0.5, 0.6) is 0 Å². The molecule has 2 atom stereocenters. The molecule has 1 N–H and O–H groups in total. The molecule has 0 heterocycles. The van der Waals surface area contributed by atoms with Gasteiger partial charge in [-0.2, -0.15) is 11.8 Å². The third-order valence-corrected chi connectivity index (χ3v) is 3.88. The summed E-state index contributed by atoms with van der Waals surface area (Å²) in [5.74, 6) is 1.29. The normalized spacial score (nSPS) is 26.8. The van der Waals surface area contributed by atoms with E-state index in [4.69, 9.17) is 4.74 Å². The molecule has 2 unspecified atom stereocenters. The van der Waals surface area contributed by atoms with Gasteiger partial charge >= 0.3 is 0 Å². The largest absolute Gasteiger partial charge is 0.380 e. The molecule has 2 nitrogen and oxygen atoms in total. The van der Waals surface area contributed by atoms with Crippen LogP contribution >= 0.6 is 11.8 Å². The zero-order chi connectivity index (χ0) is 10.9. The fourth-order valence-electron chi connectivity index (χ4n) is 2.27. The van der Waals surface area contributed by atoms with Crippen molar-refractivity contribution in [2.24, 2.45) is 0 Å². The van der Waals surface area contributed by atoms with Crippen molar-refractivity contribution in [3.63, 3.8) is 0 Å². The molecule has 1 fully saturated rings. The van der Waals surface area contributed by atoms with Crippen LogP contribution in [0.1, 0.15) is 38.5 Å². The molecule has 15 heavy (non-hydrogen) atoms. The van der Waals surface area contributed by atoms with Crippen molar-refractivity contribution in [1.29, 1.82) is 0 Å². The first-order valence-electron chi connectivity index (χ1n) is 6.13. The van der Waals surface area contributed by atoms with E-state index in [1.165, 1.54) is 44.3 Å². The van der Waals surface area contributed by atoms with Crippen molar-refractivity contribution in [3.8, 4) is 0 Å². The van der Waals surface area contributed by atoms with Crippen molar-refractivity contribution in [3.05, 3.63) is 0 Å². The zero-order valence-electron chi connectivity index (χ0n) is 10.1. The molecule has 1 aliphatic rings. The smallest absolute Gasteiger partial charge is 0.0724 e. The maximum Gasteiger partial charge on any atom is 0.0724 e. The highest BCUT2D eigenvalue weighted by Gasteiger charge is 2.23. The van der Waals surface area contributed by atoms with E-state index in [-0.39, 0.29) is 0 Å². The van der Waals surface area contributed by atoms with Crippen molar-refractivity contribution in [2.45, 2.75) is 50.7 Å². The van der Waals surface area contributed by atoms with Crippen LogP contribution in [0.4, 0.5) is 0 Å². The van der Waals surface area contributed by atoms with Crippen molar-refractivity contribution >= 4 is 11.8 Å². The van der Waals surface area contributed by atoms with E-state index < -0.39 is 0 Å². The fourth-order valence-corrected chi connectivity index (χ4v) is 2.76. The van der Waals surface area contributed by atoms with Gasteiger partial charge in [0.05, 0.1) is 6.10 Å². The van der Waals surface area contributed by atoms with Crippen LogP contribution in [0.3, 0.4) is 0 Å². The molecule has 0 aromatic rings. The summed E-state index contributed by atoms with van der Waals surface area (Å²) in [4.78, 5) is 0. The minimum absolute atomic E-state index is 0.458. The van der Waals surface area contributed by atoms with Gasteiger partial charge in [-0.05, 0) is 44.2 Å². The van der Waals surface area contributed by atoms with E-state index in [1.807, 2.05) is 18.9 Å². The maximum absolute atomic E-state index is 5.52. The summed E-state index contributed by atoms with van der Waals surface area (Å²) in [6.45, 7) is 1.16. The summed E-state index contributed by atoms with van der Waals surface area (Å²) in [5.41, 5.74) is 0. The first kappa shape index (κ1) is 13.3. The van der Waals surface area contributed by atoms with Crippen molar-refractivity contribution in [2.75, 3.05) is 25.7 Å². The van der Waals surface area contributed by atoms with Crippen LogP contribution < -0.4 is 5.32 Å². The number of thioether (sulfide) groups is 1. The van der Waals surface area contributed by atoms with Gasteiger partial charge in [-0.1, -0.05) is 12.8 Å². The first-order valence-corrected chi connectivity index (χ1v) is 7.53. The number of hydrogen-bond acceptors (Lipinski definition) is 3. The lowest BCUT2D eigenvalue weighted by Crippen LogP contribution is -2.43. The Morgan fingerprint density at radius 3 is 2.80 bits per heavy atom. The van der Waals surface area contributed by atoms with E-state index in [1.54, 1.807) is 0 Å². The second kappa shape index (κ2) is 8.43. The van der Waals surface area contributed by atoms with Gasteiger partial charge in [-0.3, -0.25) is 0 Å². The van der Waals surface area contributed by atoms with Gasteiger partial charge < -0.3 is 10.1 Å². The van der Waals surface area contributed by atoms with Gasteiger partial charge in [0.2, 0.25) is 0 Å². The number of ether oxygens (including phenoxy) is 1. The lowest BCUT2D eigenvalue weighted by Gasteiger charge is -2.31. The Kier molecular flexibility index (Phi) is 7.49. The predicted molar refractivity (Wildman–Crippen MR) is 68.7 cm³/mol. The lowest BCUT2D eigenvalue weighted by molar-refractivity contribution is 0.0419. The van der Waals surface area contributed by atoms with Gasteiger partial charge in [-0.25, -0.2) is 0 Å². The SMILES string of the molecule is COC1CCCCC1NCCCCSC. The second-order valence-corrected chi connectivity index (χ2v) is 5.30. The highest BCUT2D eigenvalue weighted by atomic mass is 32.2. The van der Waals surface area contributed by atoms with E-state index >= 15 is 0 Å². The zero-order valence-corrected chi connectivity index (χ0v) is 10.9. The molecular weight excluding hydrogens is 206 g/mol. The van der Waals surface area contributed by atoms with Crippen molar-refractivity contribution < 1.29 is 4.74 Å². The summed E-state index contributed by atoms with van der Waals surface area (Å²) in [7, 11) is 1.85. The number of nitrogens with one attached hydrogen (secondary N) is 1. The number of hydrogen-bond donors (Lipinski definition) is 1. The first-order chi connectivity index (χ1) is 7.38. The third kappa shape index (κ3) is 5.23. The second-order valence-electron chi connectivity index (χ2n) is 4.32. The highest BCUT2D eigenvalue weighted by Crippen LogP contribution is 2.20. The molecule has 0 bridgehead atoms. The quantitative estimate of drug-likeness (QED) is 0.681. The third-order valence-electron chi connectivity index (χ3n) is 3.19. The van der Waals surface area contributed by atoms with Gasteiger partial charge in [0, 0.05) is 13.2 Å². The maximum atomic E-state index is 5.52. The van der Waals surface area contributed by atoms with E-state index in [0.717, 1.165) is 6.54 Å². The average Bonchev–Trinajstić information content (AvgIpc) is 2.29. The number of unbranched alkanes of at least 4 members (excludes halogenated alkanes) is 1. The summed E-state index contributed by atoms with van der Waals surface area (Å²) in [5, 5.41) is 3.65. The lowest BCUT2D eigenvalue weighted by atomic mass is 9.92. The minimum Gasteiger partial charge on any atom is -0.380 e. The van der Waals surface area contributed by atoms with Gasteiger partial charge in [0.25, 0.3) is 0 Å².